The van der Waals surface area contributed by atoms with Gasteiger partial charge in [-0.15, -0.1) is 0 Å². The van der Waals surface area contributed by atoms with E-state index >= 15 is 0 Å². The molecule has 106 valence electrons. The number of Topliss-reactive ketones (excluding diaryl/α,β-unsaturated/α-hetero) is 1. The first-order valence-electron chi connectivity index (χ1n) is 6.47. The van der Waals surface area contributed by atoms with Gasteiger partial charge in [-0.05, 0) is 34.4 Å². The van der Waals surface area contributed by atoms with Gasteiger partial charge in [0.2, 0.25) is 0 Å². The van der Waals surface area contributed by atoms with E-state index in [2.05, 4.69) is 0 Å². The molecule has 0 spiro atoms. The molecule has 0 saturated heterocycles. The van der Waals surface area contributed by atoms with Gasteiger partial charge in [0.25, 0.3) is 5.78 Å². The quantitative estimate of drug-likeness (QED) is 0.580. The average molecular weight is 290 g/mol. The van der Waals surface area contributed by atoms with Gasteiger partial charge in [-0.3, -0.25) is 4.79 Å². The molecule has 2 unspecified atom stereocenters. The van der Waals surface area contributed by atoms with Crippen molar-refractivity contribution in [3.05, 3.63) is 59.2 Å². The molecule has 4 aliphatic rings. The summed E-state index contributed by atoms with van der Waals surface area (Å²) >= 11 is 0. The molecular weight excluding hydrogens is 281 g/mol. The van der Waals surface area contributed by atoms with Crippen LogP contribution in [0, 0.1) is 0 Å². The summed E-state index contributed by atoms with van der Waals surface area (Å²) in [5.41, 5.74) is 2.42. The molecule has 2 heterocycles. The number of hydrogen-bond donors (Lipinski definition) is 0. The minimum atomic E-state index is -4.87. The minimum absolute atomic E-state index is 0.136. The lowest BCUT2D eigenvalue weighted by molar-refractivity contribution is -0.0884. The predicted molar refractivity (Wildman–Crippen MR) is 69.2 cm³/mol. The number of hydrogen-bond acceptors (Lipinski definition) is 2. The maximum Gasteiger partial charge on any atom is 0.454 e. The number of alkyl halides is 3. The van der Waals surface area contributed by atoms with E-state index < -0.39 is 12.0 Å². The average Bonchev–Trinajstić information content (AvgIpc) is 3.08. The molecule has 2 nitrogen and oxygen atoms in total. The van der Waals surface area contributed by atoms with E-state index in [1.807, 2.05) is 18.2 Å². The fraction of sp³-hybridized carbons (Fsp3) is 0.188. The standard InChI is InChI=1S/C16H9F3O2/c17-16(18,19)15(20)10-4-2-8-1-3-9-12(7-11(8)10)14-6-5-13(9)21-14/h1-7,13-14H. The highest BCUT2D eigenvalue weighted by molar-refractivity contribution is 6.06. The molecular formula is C16H9F3O2. The van der Waals surface area contributed by atoms with Gasteiger partial charge in [0.05, 0.1) is 0 Å². The highest BCUT2D eigenvalue weighted by atomic mass is 19.4. The van der Waals surface area contributed by atoms with Crippen molar-refractivity contribution in [1.29, 1.82) is 0 Å². The van der Waals surface area contributed by atoms with E-state index in [1.54, 1.807) is 18.2 Å². The van der Waals surface area contributed by atoms with Crippen molar-refractivity contribution in [3.63, 3.8) is 0 Å². The van der Waals surface area contributed by atoms with Crippen LogP contribution in [-0.2, 0) is 4.74 Å². The largest absolute Gasteiger partial charge is 0.454 e. The summed E-state index contributed by atoms with van der Waals surface area (Å²) in [6, 6.07) is 8.02. The highest BCUT2D eigenvalue weighted by Gasteiger charge is 2.41. The van der Waals surface area contributed by atoms with Crippen molar-refractivity contribution in [2.24, 2.45) is 0 Å². The van der Waals surface area contributed by atoms with Crippen LogP contribution < -0.4 is 0 Å². The zero-order valence-corrected chi connectivity index (χ0v) is 10.6. The summed E-state index contributed by atoms with van der Waals surface area (Å²) in [5.74, 6) is -1.81. The van der Waals surface area contributed by atoms with E-state index in [9.17, 15) is 18.0 Å². The van der Waals surface area contributed by atoms with Crippen LogP contribution >= 0.6 is 0 Å². The Morgan fingerprint density at radius 2 is 1.67 bits per heavy atom. The Balaban J connectivity index is 1.91. The number of rotatable bonds is 1. The van der Waals surface area contributed by atoms with Crippen LogP contribution in [0.5, 0.6) is 0 Å². The third-order valence-electron chi connectivity index (χ3n) is 3.98. The number of ketones is 1. The first-order chi connectivity index (χ1) is 9.95. The van der Waals surface area contributed by atoms with Gasteiger partial charge in [-0.1, -0.05) is 30.4 Å². The smallest absolute Gasteiger partial charge is 0.357 e. The van der Waals surface area contributed by atoms with Gasteiger partial charge in [-0.2, -0.15) is 13.2 Å². The van der Waals surface area contributed by atoms with Gasteiger partial charge in [0.15, 0.2) is 0 Å². The second-order valence-corrected chi connectivity index (χ2v) is 5.19. The van der Waals surface area contributed by atoms with Crippen LogP contribution in [0.3, 0.4) is 0 Å². The molecule has 0 aromatic rings. The molecule has 21 heavy (non-hydrogen) atoms. The van der Waals surface area contributed by atoms with Crippen LogP contribution in [-0.4, -0.2) is 12.0 Å². The molecule has 0 saturated carbocycles. The molecule has 0 fully saturated rings. The Morgan fingerprint density at radius 1 is 1.00 bits per heavy atom. The molecule has 0 aromatic carbocycles. The van der Waals surface area contributed by atoms with Gasteiger partial charge < -0.3 is 4.74 Å². The molecule has 0 N–H and O–H groups in total. The van der Waals surface area contributed by atoms with Crippen molar-refractivity contribution in [3.8, 4) is 11.1 Å². The van der Waals surface area contributed by atoms with Gasteiger partial charge in [0.1, 0.15) is 12.2 Å². The topological polar surface area (TPSA) is 26.3 Å². The fourth-order valence-electron chi connectivity index (χ4n) is 2.99. The number of ether oxygens (including phenoxy) is 1. The van der Waals surface area contributed by atoms with Gasteiger partial charge >= 0.3 is 6.18 Å². The second-order valence-electron chi connectivity index (χ2n) is 5.19. The van der Waals surface area contributed by atoms with Crippen LogP contribution in [0.1, 0.15) is 33.7 Å². The number of halogens is 3. The van der Waals surface area contributed by atoms with Crippen molar-refractivity contribution in [2.75, 3.05) is 0 Å². The number of carbonyl (C=O) groups excluding carboxylic acids is 1. The molecule has 2 aliphatic carbocycles. The molecule has 2 atom stereocenters. The first kappa shape index (κ1) is 12.6. The number of carbonyl (C=O) groups is 1. The normalized spacial score (nSPS) is 22.8. The minimum Gasteiger partial charge on any atom is -0.357 e. The summed E-state index contributed by atoms with van der Waals surface area (Å²) in [6.45, 7) is 0. The SMILES string of the molecule is O=C(c1ccc2ccc3c(cc1-2)C1C=CC3O1)C(F)(F)F. The van der Waals surface area contributed by atoms with Crippen LogP contribution in [0.25, 0.3) is 11.1 Å². The second kappa shape index (κ2) is 3.95. The van der Waals surface area contributed by atoms with Crippen LogP contribution in [0.15, 0.2) is 42.5 Å². The molecule has 2 bridgehead atoms. The lowest BCUT2D eigenvalue weighted by atomic mass is 9.98. The molecule has 5 heteroatoms. The maximum atomic E-state index is 12.7. The van der Waals surface area contributed by atoms with E-state index in [0.717, 1.165) is 11.1 Å². The van der Waals surface area contributed by atoms with Crippen molar-refractivity contribution < 1.29 is 22.7 Å². The molecule has 0 amide bonds. The van der Waals surface area contributed by atoms with E-state index in [4.69, 9.17) is 4.74 Å². The third kappa shape index (κ3) is 1.74. The Bertz CT molecular complexity index is 761. The van der Waals surface area contributed by atoms with Gasteiger partial charge in [0, 0.05) is 5.56 Å². The molecule has 4 rings (SSSR count). The van der Waals surface area contributed by atoms with Crippen molar-refractivity contribution in [2.45, 2.75) is 18.4 Å². The highest BCUT2D eigenvalue weighted by Crippen LogP contribution is 2.47. The first-order valence-corrected chi connectivity index (χ1v) is 6.47. The van der Waals surface area contributed by atoms with E-state index in [1.165, 1.54) is 6.07 Å². The maximum absolute atomic E-state index is 12.7. The lowest BCUT2D eigenvalue weighted by Crippen LogP contribution is -2.22. The summed E-state index contributed by atoms with van der Waals surface area (Å²) < 4.78 is 43.7. The zero-order valence-electron chi connectivity index (χ0n) is 10.6. The van der Waals surface area contributed by atoms with Gasteiger partial charge in [-0.25, -0.2) is 0 Å². The third-order valence-corrected chi connectivity index (χ3v) is 3.98. The Kier molecular flexibility index (Phi) is 2.37. The van der Waals surface area contributed by atoms with Crippen molar-refractivity contribution >= 4 is 5.78 Å². The van der Waals surface area contributed by atoms with Crippen LogP contribution in [0.2, 0.25) is 0 Å². The monoisotopic (exact) mass is 290 g/mol. The Labute approximate surface area is 118 Å². The van der Waals surface area contributed by atoms with Crippen molar-refractivity contribution in [1.82, 2.24) is 0 Å². The number of fused-ring (bicyclic) bond motifs is 6. The summed E-state index contributed by atoms with van der Waals surface area (Å²) in [4.78, 5) is 11.5. The molecule has 0 radical (unpaired) electrons. The molecule has 0 aromatic heterocycles. The lowest BCUT2D eigenvalue weighted by Gasteiger charge is -2.07. The summed E-state index contributed by atoms with van der Waals surface area (Å²) in [7, 11) is 0. The Hall–Kier alpha value is -2.14. The predicted octanol–water partition coefficient (Wildman–Crippen LogP) is 4.22. The zero-order chi connectivity index (χ0) is 14.8. The summed E-state index contributed by atoms with van der Waals surface area (Å²) in [5, 5.41) is 0. The van der Waals surface area contributed by atoms with Crippen LogP contribution in [0.4, 0.5) is 13.2 Å². The molecule has 2 aliphatic heterocycles. The van der Waals surface area contributed by atoms with E-state index in [-0.39, 0.29) is 17.8 Å². The summed E-state index contributed by atoms with van der Waals surface area (Å²) in [6.07, 6.45) is -1.42. The Morgan fingerprint density at radius 3 is 2.38 bits per heavy atom. The van der Waals surface area contributed by atoms with E-state index in [0.29, 0.717) is 11.1 Å². The fourth-order valence-corrected chi connectivity index (χ4v) is 2.99.